The van der Waals surface area contributed by atoms with Crippen LogP contribution in [0.4, 0.5) is 0 Å². The highest BCUT2D eigenvalue weighted by atomic mass is 15.1. The van der Waals surface area contributed by atoms with Gasteiger partial charge in [0, 0.05) is 24.2 Å². The number of imidazole rings is 1. The quantitative estimate of drug-likeness (QED) is 0.687. The third kappa shape index (κ3) is 1.56. The van der Waals surface area contributed by atoms with E-state index in [1.807, 2.05) is 16.8 Å². The van der Waals surface area contributed by atoms with Crippen LogP contribution in [0.25, 0.3) is 5.82 Å². The van der Waals surface area contributed by atoms with Crippen molar-refractivity contribution in [2.75, 3.05) is 0 Å². The van der Waals surface area contributed by atoms with Crippen molar-refractivity contribution >= 4 is 0 Å². The highest BCUT2D eigenvalue weighted by Gasteiger charge is 1.97. The second kappa shape index (κ2) is 3.35. The van der Waals surface area contributed by atoms with Crippen LogP contribution in [0.2, 0.25) is 0 Å². The minimum Gasteiger partial charge on any atom is -0.290 e. The average Bonchev–Trinajstić information content (AvgIpc) is 2.71. The number of nitrogens with zero attached hydrogens (tertiary/aromatic N) is 4. The number of aromatic nitrogens is 4. The van der Waals surface area contributed by atoms with Crippen LogP contribution in [-0.4, -0.2) is 19.5 Å². The monoisotopic (exact) mass is 174 g/mol. The van der Waals surface area contributed by atoms with Gasteiger partial charge in [-0.2, -0.15) is 0 Å². The summed E-state index contributed by atoms with van der Waals surface area (Å²) in [4.78, 5) is 12.2. The lowest BCUT2D eigenvalue weighted by Crippen LogP contribution is -1.97. The molecule has 0 aliphatic carbocycles. The summed E-state index contributed by atoms with van der Waals surface area (Å²) in [7, 11) is 0. The van der Waals surface area contributed by atoms with Gasteiger partial charge in [-0.25, -0.2) is 15.0 Å². The first-order valence-electron chi connectivity index (χ1n) is 4.19. The summed E-state index contributed by atoms with van der Waals surface area (Å²) >= 11 is 0. The van der Waals surface area contributed by atoms with Gasteiger partial charge in [-0.1, -0.05) is 6.92 Å². The van der Waals surface area contributed by atoms with Crippen molar-refractivity contribution in [1.82, 2.24) is 19.5 Å². The zero-order valence-electron chi connectivity index (χ0n) is 7.38. The van der Waals surface area contributed by atoms with Crippen LogP contribution in [0.5, 0.6) is 0 Å². The first kappa shape index (κ1) is 7.91. The van der Waals surface area contributed by atoms with Gasteiger partial charge in [0.15, 0.2) is 0 Å². The highest BCUT2D eigenvalue weighted by Crippen LogP contribution is 2.04. The molecule has 0 saturated carbocycles. The molecule has 66 valence electrons. The Bertz CT molecular complexity index is 380. The third-order valence-corrected chi connectivity index (χ3v) is 1.84. The fourth-order valence-electron chi connectivity index (χ4n) is 1.11. The normalized spacial score (nSPS) is 10.2. The summed E-state index contributed by atoms with van der Waals surface area (Å²) in [6.45, 7) is 2.07. The SMILES string of the molecule is CCc1cc(-n2ccnc2)ncn1. The van der Waals surface area contributed by atoms with Crippen molar-refractivity contribution in [1.29, 1.82) is 0 Å². The predicted molar refractivity (Wildman–Crippen MR) is 48.5 cm³/mol. The van der Waals surface area contributed by atoms with E-state index in [9.17, 15) is 0 Å². The predicted octanol–water partition coefficient (Wildman–Crippen LogP) is 1.22. The van der Waals surface area contributed by atoms with Crippen LogP contribution >= 0.6 is 0 Å². The molecular weight excluding hydrogens is 164 g/mol. The van der Waals surface area contributed by atoms with Gasteiger partial charge in [-0.15, -0.1) is 0 Å². The van der Waals surface area contributed by atoms with Crippen LogP contribution in [0.1, 0.15) is 12.6 Å². The Hall–Kier alpha value is -1.71. The molecule has 0 spiro atoms. The summed E-state index contributed by atoms with van der Waals surface area (Å²) < 4.78 is 1.86. The van der Waals surface area contributed by atoms with E-state index in [-0.39, 0.29) is 0 Å². The molecule has 2 rings (SSSR count). The van der Waals surface area contributed by atoms with E-state index in [2.05, 4.69) is 21.9 Å². The van der Waals surface area contributed by atoms with Crippen molar-refractivity contribution in [3.8, 4) is 5.82 Å². The first-order chi connectivity index (χ1) is 6.40. The topological polar surface area (TPSA) is 43.6 Å². The van der Waals surface area contributed by atoms with Gasteiger partial charge in [-0.3, -0.25) is 4.57 Å². The van der Waals surface area contributed by atoms with Crippen LogP contribution in [0, 0.1) is 0 Å². The van der Waals surface area contributed by atoms with E-state index in [1.165, 1.54) is 0 Å². The summed E-state index contributed by atoms with van der Waals surface area (Å²) in [6, 6.07) is 1.96. The molecule has 0 aromatic carbocycles. The molecule has 13 heavy (non-hydrogen) atoms. The first-order valence-corrected chi connectivity index (χ1v) is 4.19. The van der Waals surface area contributed by atoms with E-state index >= 15 is 0 Å². The van der Waals surface area contributed by atoms with Gasteiger partial charge < -0.3 is 0 Å². The number of rotatable bonds is 2. The number of aryl methyl sites for hydroxylation is 1. The summed E-state index contributed by atoms with van der Waals surface area (Å²) in [5.74, 6) is 0.865. The Morgan fingerprint density at radius 3 is 3.00 bits per heavy atom. The molecule has 2 aromatic heterocycles. The fraction of sp³-hybridized carbons (Fsp3) is 0.222. The Morgan fingerprint density at radius 1 is 1.38 bits per heavy atom. The Morgan fingerprint density at radius 2 is 2.31 bits per heavy atom. The summed E-state index contributed by atoms with van der Waals surface area (Å²) in [5.41, 5.74) is 1.04. The molecule has 0 bridgehead atoms. The van der Waals surface area contributed by atoms with Crippen molar-refractivity contribution in [3.05, 3.63) is 36.8 Å². The molecule has 0 amide bonds. The smallest absolute Gasteiger partial charge is 0.141 e. The van der Waals surface area contributed by atoms with Crippen molar-refractivity contribution < 1.29 is 0 Å². The molecule has 4 heteroatoms. The van der Waals surface area contributed by atoms with Gasteiger partial charge in [0.2, 0.25) is 0 Å². The molecule has 0 aliphatic heterocycles. The largest absolute Gasteiger partial charge is 0.290 e. The van der Waals surface area contributed by atoms with Gasteiger partial charge in [0.25, 0.3) is 0 Å². The van der Waals surface area contributed by atoms with Gasteiger partial charge in [0.1, 0.15) is 18.5 Å². The summed E-state index contributed by atoms with van der Waals surface area (Å²) in [6.07, 6.45) is 7.82. The molecule has 0 aliphatic rings. The fourth-order valence-corrected chi connectivity index (χ4v) is 1.11. The van der Waals surface area contributed by atoms with Gasteiger partial charge >= 0.3 is 0 Å². The highest BCUT2D eigenvalue weighted by molar-refractivity contribution is 5.23. The standard InChI is InChI=1S/C9H10N4/c1-2-8-5-9(12-6-11-8)13-4-3-10-7-13/h3-7H,2H2,1H3. The Kier molecular flexibility index (Phi) is 2.04. The molecule has 0 N–H and O–H groups in total. The van der Waals surface area contributed by atoms with Gasteiger partial charge in [0.05, 0.1) is 0 Å². The van der Waals surface area contributed by atoms with E-state index in [0.717, 1.165) is 17.9 Å². The number of hydrogen-bond donors (Lipinski definition) is 0. The van der Waals surface area contributed by atoms with Crippen molar-refractivity contribution in [2.24, 2.45) is 0 Å². The van der Waals surface area contributed by atoms with Crippen molar-refractivity contribution in [2.45, 2.75) is 13.3 Å². The molecular formula is C9H10N4. The zero-order chi connectivity index (χ0) is 9.10. The molecule has 0 fully saturated rings. The van der Waals surface area contributed by atoms with Crippen LogP contribution < -0.4 is 0 Å². The summed E-state index contributed by atoms with van der Waals surface area (Å²) in [5, 5.41) is 0. The molecule has 2 aromatic rings. The molecule has 2 heterocycles. The molecule has 0 saturated heterocycles. The second-order valence-electron chi connectivity index (χ2n) is 2.69. The Labute approximate surface area is 76.3 Å². The lowest BCUT2D eigenvalue weighted by atomic mass is 10.3. The Balaban J connectivity index is 2.41. The maximum Gasteiger partial charge on any atom is 0.141 e. The lowest BCUT2D eigenvalue weighted by Gasteiger charge is -2.01. The van der Waals surface area contributed by atoms with E-state index in [0.29, 0.717) is 0 Å². The average molecular weight is 174 g/mol. The molecule has 0 atom stereocenters. The maximum atomic E-state index is 4.14. The van der Waals surface area contributed by atoms with Crippen LogP contribution in [-0.2, 0) is 6.42 Å². The minimum absolute atomic E-state index is 0.865. The van der Waals surface area contributed by atoms with Gasteiger partial charge in [-0.05, 0) is 6.42 Å². The lowest BCUT2D eigenvalue weighted by molar-refractivity contribution is 0.927. The third-order valence-electron chi connectivity index (χ3n) is 1.84. The van der Waals surface area contributed by atoms with E-state index < -0.39 is 0 Å². The number of hydrogen-bond acceptors (Lipinski definition) is 3. The molecule has 4 nitrogen and oxygen atoms in total. The molecule has 0 unspecified atom stereocenters. The van der Waals surface area contributed by atoms with E-state index in [4.69, 9.17) is 0 Å². The minimum atomic E-state index is 0.865. The van der Waals surface area contributed by atoms with Crippen LogP contribution in [0.3, 0.4) is 0 Å². The second-order valence-corrected chi connectivity index (χ2v) is 2.69. The van der Waals surface area contributed by atoms with E-state index in [1.54, 1.807) is 18.9 Å². The van der Waals surface area contributed by atoms with Crippen LogP contribution in [0.15, 0.2) is 31.1 Å². The zero-order valence-corrected chi connectivity index (χ0v) is 7.38. The molecule has 0 radical (unpaired) electrons. The van der Waals surface area contributed by atoms with Crippen molar-refractivity contribution in [3.63, 3.8) is 0 Å². The maximum absolute atomic E-state index is 4.14.